The summed E-state index contributed by atoms with van der Waals surface area (Å²) in [5, 5.41) is 15.2. The van der Waals surface area contributed by atoms with Crippen molar-refractivity contribution >= 4 is 5.96 Å². The zero-order valence-electron chi connectivity index (χ0n) is 17.7. The van der Waals surface area contributed by atoms with Crippen LogP contribution in [-0.2, 0) is 11.3 Å². The normalized spacial score (nSPS) is 16.8. The van der Waals surface area contributed by atoms with Gasteiger partial charge in [0.05, 0.1) is 19.8 Å². The van der Waals surface area contributed by atoms with E-state index in [1.807, 2.05) is 34.9 Å². The van der Waals surface area contributed by atoms with E-state index in [4.69, 9.17) is 4.74 Å². The van der Waals surface area contributed by atoms with E-state index in [0.717, 1.165) is 56.7 Å². The van der Waals surface area contributed by atoms with Crippen LogP contribution in [0.2, 0.25) is 0 Å². The minimum Gasteiger partial charge on any atom is -0.379 e. The predicted octanol–water partition coefficient (Wildman–Crippen LogP) is 1.68. The molecule has 8 nitrogen and oxygen atoms in total. The van der Waals surface area contributed by atoms with Gasteiger partial charge in [0.1, 0.15) is 6.33 Å². The Morgan fingerprint density at radius 1 is 1.17 bits per heavy atom. The monoisotopic (exact) mass is 399 g/mol. The van der Waals surface area contributed by atoms with Gasteiger partial charge < -0.3 is 15.4 Å². The first-order valence-electron chi connectivity index (χ1n) is 10.4. The molecule has 2 heterocycles. The number of morpholine rings is 1. The van der Waals surface area contributed by atoms with Crippen LogP contribution in [0.4, 0.5) is 0 Å². The second kappa shape index (κ2) is 10.9. The van der Waals surface area contributed by atoms with Crippen molar-refractivity contribution in [3.05, 3.63) is 42.5 Å². The van der Waals surface area contributed by atoms with Crippen molar-refractivity contribution < 1.29 is 4.74 Å². The lowest BCUT2D eigenvalue weighted by Gasteiger charge is -2.35. The molecule has 0 amide bonds. The van der Waals surface area contributed by atoms with Crippen LogP contribution in [0.25, 0.3) is 5.69 Å². The summed E-state index contributed by atoms with van der Waals surface area (Å²) in [5.74, 6) is 2.25. The van der Waals surface area contributed by atoms with Crippen molar-refractivity contribution in [2.75, 3.05) is 39.9 Å². The minimum atomic E-state index is 0.463. The average molecular weight is 400 g/mol. The van der Waals surface area contributed by atoms with Gasteiger partial charge >= 0.3 is 0 Å². The third-order valence-electron chi connectivity index (χ3n) is 5.10. The molecule has 2 aromatic rings. The highest BCUT2D eigenvalue weighted by atomic mass is 16.5. The van der Waals surface area contributed by atoms with E-state index in [9.17, 15) is 0 Å². The molecule has 1 atom stereocenters. The van der Waals surface area contributed by atoms with Crippen molar-refractivity contribution in [3.63, 3.8) is 0 Å². The maximum absolute atomic E-state index is 5.52. The number of para-hydroxylation sites is 1. The van der Waals surface area contributed by atoms with Crippen molar-refractivity contribution in [1.82, 2.24) is 30.3 Å². The molecule has 158 valence electrons. The first-order chi connectivity index (χ1) is 14.2. The van der Waals surface area contributed by atoms with Gasteiger partial charge in [-0.25, -0.2) is 0 Å². The van der Waals surface area contributed by atoms with Crippen LogP contribution < -0.4 is 10.6 Å². The molecule has 1 aliphatic rings. The van der Waals surface area contributed by atoms with Crippen molar-refractivity contribution in [3.8, 4) is 5.69 Å². The van der Waals surface area contributed by atoms with Gasteiger partial charge in [0.2, 0.25) is 0 Å². The number of hydrogen-bond donors (Lipinski definition) is 2. The zero-order chi connectivity index (χ0) is 20.5. The van der Waals surface area contributed by atoms with E-state index in [0.29, 0.717) is 18.5 Å². The van der Waals surface area contributed by atoms with Crippen LogP contribution in [-0.4, -0.2) is 71.6 Å². The highest BCUT2D eigenvalue weighted by Crippen LogP contribution is 2.13. The molecule has 1 unspecified atom stereocenters. The first-order valence-corrected chi connectivity index (χ1v) is 10.4. The summed E-state index contributed by atoms with van der Waals surface area (Å²) >= 11 is 0. The van der Waals surface area contributed by atoms with Gasteiger partial charge in [-0.3, -0.25) is 14.5 Å². The summed E-state index contributed by atoms with van der Waals surface area (Å²) in [6.07, 6.45) is 2.88. The quantitative estimate of drug-likeness (QED) is 0.519. The fraction of sp³-hybridized carbons (Fsp3) is 0.571. The number of nitrogens with zero attached hydrogens (tertiary/aromatic N) is 5. The molecule has 0 spiro atoms. The Bertz CT molecular complexity index is 753. The molecule has 1 fully saturated rings. The van der Waals surface area contributed by atoms with Gasteiger partial charge in [-0.1, -0.05) is 32.0 Å². The second-order valence-electron chi connectivity index (χ2n) is 7.69. The molecule has 0 bridgehead atoms. The summed E-state index contributed by atoms with van der Waals surface area (Å²) in [6, 6.07) is 10.6. The number of ether oxygens (including phenoxy) is 1. The number of guanidine groups is 1. The SMILES string of the molecule is CN=C(NCc1nncn1-c1ccccc1)NCC(CC(C)C)N1CCOCC1. The van der Waals surface area contributed by atoms with Gasteiger partial charge in [-0.2, -0.15) is 0 Å². The molecule has 1 aromatic carbocycles. The largest absolute Gasteiger partial charge is 0.379 e. The van der Waals surface area contributed by atoms with Crippen LogP contribution in [0, 0.1) is 5.92 Å². The minimum absolute atomic E-state index is 0.463. The number of aromatic nitrogens is 3. The van der Waals surface area contributed by atoms with Gasteiger partial charge in [-0.05, 0) is 24.5 Å². The van der Waals surface area contributed by atoms with E-state index >= 15 is 0 Å². The smallest absolute Gasteiger partial charge is 0.191 e. The molecule has 1 aromatic heterocycles. The van der Waals surface area contributed by atoms with Crippen LogP contribution in [0.5, 0.6) is 0 Å². The molecular formula is C21H33N7O. The van der Waals surface area contributed by atoms with Gasteiger partial charge in [0.25, 0.3) is 0 Å². The van der Waals surface area contributed by atoms with E-state index < -0.39 is 0 Å². The Kier molecular flexibility index (Phi) is 8.01. The molecule has 0 radical (unpaired) electrons. The van der Waals surface area contributed by atoms with Gasteiger partial charge in [0.15, 0.2) is 11.8 Å². The summed E-state index contributed by atoms with van der Waals surface area (Å²) in [7, 11) is 1.80. The number of nitrogens with one attached hydrogen (secondary N) is 2. The van der Waals surface area contributed by atoms with Gasteiger partial charge in [0, 0.05) is 38.4 Å². The Balaban J connectivity index is 1.56. The first kappa shape index (κ1) is 21.3. The van der Waals surface area contributed by atoms with Crippen molar-refractivity contribution in [2.24, 2.45) is 10.9 Å². The summed E-state index contributed by atoms with van der Waals surface area (Å²) in [6.45, 7) is 9.56. The number of hydrogen-bond acceptors (Lipinski definition) is 5. The Labute approximate surface area is 173 Å². The van der Waals surface area contributed by atoms with Crippen molar-refractivity contribution in [1.29, 1.82) is 0 Å². The maximum Gasteiger partial charge on any atom is 0.191 e. The molecule has 2 N–H and O–H groups in total. The standard InChI is InChI=1S/C21H33N7O/c1-17(2)13-19(27-9-11-29-12-10-27)14-23-21(22-3)24-15-20-26-25-16-28(20)18-7-5-4-6-8-18/h4-8,16-17,19H,9-15H2,1-3H3,(H2,22,23,24). The maximum atomic E-state index is 5.52. The number of benzene rings is 1. The zero-order valence-corrected chi connectivity index (χ0v) is 17.7. The average Bonchev–Trinajstić information content (AvgIpc) is 3.22. The lowest BCUT2D eigenvalue weighted by atomic mass is 10.0. The van der Waals surface area contributed by atoms with Crippen LogP contribution in [0.1, 0.15) is 26.1 Å². The predicted molar refractivity (Wildman–Crippen MR) is 115 cm³/mol. The fourth-order valence-electron chi connectivity index (χ4n) is 3.63. The summed E-state index contributed by atoms with van der Waals surface area (Å²) in [5.41, 5.74) is 1.04. The second-order valence-corrected chi connectivity index (χ2v) is 7.69. The van der Waals surface area contributed by atoms with Crippen LogP contribution >= 0.6 is 0 Å². The molecule has 1 saturated heterocycles. The van der Waals surface area contributed by atoms with E-state index in [-0.39, 0.29) is 0 Å². The summed E-state index contributed by atoms with van der Waals surface area (Å²) < 4.78 is 7.50. The van der Waals surface area contributed by atoms with Gasteiger partial charge in [-0.15, -0.1) is 10.2 Å². The highest BCUT2D eigenvalue weighted by molar-refractivity contribution is 5.79. The van der Waals surface area contributed by atoms with Crippen LogP contribution in [0.15, 0.2) is 41.7 Å². The van der Waals surface area contributed by atoms with E-state index in [1.54, 1.807) is 13.4 Å². The molecule has 0 saturated carbocycles. The molecule has 29 heavy (non-hydrogen) atoms. The molecule has 0 aliphatic carbocycles. The molecule has 1 aliphatic heterocycles. The number of aliphatic imine (C=N–C) groups is 1. The lowest BCUT2D eigenvalue weighted by molar-refractivity contribution is 0.0132. The third kappa shape index (κ3) is 6.27. The highest BCUT2D eigenvalue weighted by Gasteiger charge is 2.22. The number of rotatable bonds is 8. The Morgan fingerprint density at radius 2 is 1.93 bits per heavy atom. The molecule has 8 heteroatoms. The molecular weight excluding hydrogens is 366 g/mol. The Morgan fingerprint density at radius 3 is 2.62 bits per heavy atom. The topological polar surface area (TPSA) is 79.6 Å². The molecule has 3 rings (SSSR count). The van der Waals surface area contributed by atoms with Crippen molar-refractivity contribution in [2.45, 2.75) is 32.9 Å². The summed E-state index contributed by atoms with van der Waals surface area (Å²) in [4.78, 5) is 6.90. The lowest BCUT2D eigenvalue weighted by Crippen LogP contribution is -2.51. The Hall–Kier alpha value is -2.45. The fourth-order valence-corrected chi connectivity index (χ4v) is 3.63. The van der Waals surface area contributed by atoms with E-state index in [1.165, 1.54) is 0 Å². The van der Waals surface area contributed by atoms with Crippen LogP contribution in [0.3, 0.4) is 0 Å². The third-order valence-corrected chi connectivity index (χ3v) is 5.10. The van der Waals surface area contributed by atoms with E-state index in [2.05, 4.69) is 44.6 Å².